The predicted octanol–water partition coefficient (Wildman–Crippen LogP) is 2.15. The fourth-order valence-electron chi connectivity index (χ4n) is 1.39. The quantitative estimate of drug-likeness (QED) is 0.751. The molecule has 19 heavy (non-hydrogen) atoms. The van der Waals surface area contributed by atoms with Crippen LogP contribution in [0.4, 0.5) is 0 Å². The van der Waals surface area contributed by atoms with Crippen LogP contribution in [0, 0.1) is 5.92 Å². The van der Waals surface area contributed by atoms with Gasteiger partial charge in [-0.15, -0.1) is 0 Å². The minimum atomic E-state index is -1.27. The second kappa shape index (κ2) is 7.04. The zero-order valence-electron chi connectivity index (χ0n) is 11.1. The SMILES string of the molecule is COc1cc(/C=C/C(=O)[O-])cc(Cl)c1OCC(C)C. The van der Waals surface area contributed by atoms with Gasteiger partial charge in [-0.05, 0) is 29.7 Å². The molecular formula is C14H16ClO4-. The molecule has 0 aliphatic heterocycles. The molecule has 0 radical (unpaired) electrons. The standard InChI is InChI=1S/C14H17ClO4/c1-9(2)8-19-14-11(15)6-10(4-5-13(16)17)7-12(14)18-3/h4-7,9H,8H2,1-3H3,(H,16,17)/p-1/b5-4+. The Bertz CT molecular complexity index is 481. The monoisotopic (exact) mass is 283 g/mol. The Kier molecular flexibility index (Phi) is 5.70. The van der Waals surface area contributed by atoms with E-state index in [0.29, 0.717) is 34.6 Å². The molecule has 0 N–H and O–H groups in total. The third kappa shape index (κ3) is 4.83. The van der Waals surface area contributed by atoms with E-state index in [9.17, 15) is 9.90 Å². The number of rotatable bonds is 6. The van der Waals surface area contributed by atoms with Gasteiger partial charge in [-0.1, -0.05) is 31.5 Å². The number of carboxylic acids is 1. The smallest absolute Gasteiger partial charge is 0.179 e. The molecule has 0 aliphatic carbocycles. The van der Waals surface area contributed by atoms with Gasteiger partial charge in [0.2, 0.25) is 0 Å². The van der Waals surface area contributed by atoms with E-state index in [1.54, 1.807) is 12.1 Å². The summed E-state index contributed by atoms with van der Waals surface area (Å²) in [4.78, 5) is 10.4. The van der Waals surface area contributed by atoms with Gasteiger partial charge in [0, 0.05) is 0 Å². The second-order valence-electron chi connectivity index (χ2n) is 4.39. The molecule has 1 aromatic carbocycles. The van der Waals surface area contributed by atoms with E-state index in [2.05, 4.69) is 0 Å². The van der Waals surface area contributed by atoms with E-state index in [1.807, 2.05) is 13.8 Å². The Morgan fingerprint density at radius 3 is 2.68 bits per heavy atom. The van der Waals surface area contributed by atoms with Gasteiger partial charge in [0.25, 0.3) is 0 Å². The Morgan fingerprint density at radius 2 is 2.16 bits per heavy atom. The first kappa shape index (κ1) is 15.4. The molecule has 0 amide bonds. The highest BCUT2D eigenvalue weighted by atomic mass is 35.5. The average molecular weight is 284 g/mol. The highest BCUT2D eigenvalue weighted by molar-refractivity contribution is 6.32. The van der Waals surface area contributed by atoms with Crippen molar-refractivity contribution in [2.24, 2.45) is 5.92 Å². The topological polar surface area (TPSA) is 58.6 Å². The number of carboxylic acid groups (broad SMARTS) is 1. The van der Waals surface area contributed by atoms with Crippen LogP contribution < -0.4 is 14.6 Å². The molecule has 0 fully saturated rings. The van der Waals surface area contributed by atoms with Crippen molar-refractivity contribution in [1.29, 1.82) is 0 Å². The molecule has 1 rings (SSSR count). The molecule has 0 bridgehead atoms. The van der Waals surface area contributed by atoms with E-state index in [1.165, 1.54) is 13.2 Å². The molecule has 0 aliphatic rings. The summed E-state index contributed by atoms with van der Waals surface area (Å²) < 4.78 is 10.8. The molecule has 0 saturated heterocycles. The number of aliphatic carboxylic acids is 1. The Labute approximate surface area is 117 Å². The van der Waals surface area contributed by atoms with E-state index in [0.717, 1.165) is 6.08 Å². The Balaban J connectivity index is 3.03. The van der Waals surface area contributed by atoms with Crippen molar-refractivity contribution in [2.75, 3.05) is 13.7 Å². The number of hydrogen-bond acceptors (Lipinski definition) is 4. The number of hydrogen-bond donors (Lipinski definition) is 0. The molecule has 5 heteroatoms. The van der Waals surface area contributed by atoms with Gasteiger partial charge in [-0.25, -0.2) is 0 Å². The lowest BCUT2D eigenvalue weighted by molar-refractivity contribution is -0.297. The van der Waals surface area contributed by atoms with Gasteiger partial charge in [-0.2, -0.15) is 0 Å². The average Bonchev–Trinajstić information content (AvgIpc) is 2.34. The zero-order valence-corrected chi connectivity index (χ0v) is 11.9. The van der Waals surface area contributed by atoms with Crippen molar-refractivity contribution in [1.82, 2.24) is 0 Å². The predicted molar refractivity (Wildman–Crippen MR) is 72.4 cm³/mol. The number of carbonyl (C=O) groups excluding carboxylic acids is 1. The highest BCUT2D eigenvalue weighted by Crippen LogP contribution is 2.37. The van der Waals surface area contributed by atoms with Gasteiger partial charge < -0.3 is 19.4 Å². The maximum absolute atomic E-state index is 10.4. The molecule has 0 heterocycles. The minimum absolute atomic E-state index is 0.360. The summed E-state index contributed by atoms with van der Waals surface area (Å²) in [6.07, 6.45) is 2.32. The number of halogens is 1. The van der Waals surface area contributed by atoms with Crippen molar-refractivity contribution in [3.63, 3.8) is 0 Å². The van der Waals surface area contributed by atoms with Gasteiger partial charge in [-0.3, -0.25) is 0 Å². The van der Waals surface area contributed by atoms with Gasteiger partial charge in [0.05, 0.1) is 24.7 Å². The van der Waals surface area contributed by atoms with E-state index < -0.39 is 5.97 Å². The van der Waals surface area contributed by atoms with Crippen LogP contribution in [0.3, 0.4) is 0 Å². The van der Waals surface area contributed by atoms with E-state index in [-0.39, 0.29) is 0 Å². The van der Waals surface area contributed by atoms with Crippen molar-refractivity contribution in [3.8, 4) is 11.5 Å². The zero-order chi connectivity index (χ0) is 14.4. The normalized spacial score (nSPS) is 11.0. The van der Waals surface area contributed by atoms with Gasteiger partial charge in [0.15, 0.2) is 11.5 Å². The van der Waals surface area contributed by atoms with Crippen molar-refractivity contribution in [3.05, 3.63) is 28.8 Å². The number of methoxy groups -OCH3 is 1. The minimum Gasteiger partial charge on any atom is -0.545 e. The van der Waals surface area contributed by atoms with Crippen molar-refractivity contribution >= 4 is 23.6 Å². The summed E-state index contributed by atoms with van der Waals surface area (Å²) in [6.45, 7) is 4.57. The van der Waals surface area contributed by atoms with Crippen LogP contribution in [0.15, 0.2) is 18.2 Å². The Morgan fingerprint density at radius 1 is 1.47 bits per heavy atom. The molecule has 0 aromatic heterocycles. The summed E-state index contributed by atoms with van der Waals surface area (Å²) in [7, 11) is 1.50. The first-order chi connectivity index (χ1) is 8.93. The highest BCUT2D eigenvalue weighted by Gasteiger charge is 2.11. The summed E-state index contributed by atoms with van der Waals surface area (Å²) in [5.41, 5.74) is 0.600. The molecule has 0 unspecified atom stereocenters. The van der Waals surface area contributed by atoms with E-state index >= 15 is 0 Å². The maximum atomic E-state index is 10.4. The van der Waals surface area contributed by atoms with Crippen molar-refractivity contribution < 1.29 is 19.4 Å². The van der Waals surface area contributed by atoms with Crippen molar-refractivity contribution in [2.45, 2.75) is 13.8 Å². The van der Waals surface area contributed by atoms with Crippen LogP contribution >= 0.6 is 11.6 Å². The summed E-state index contributed by atoms with van der Waals surface area (Å²) in [5, 5.41) is 10.7. The number of benzene rings is 1. The number of carbonyl (C=O) groups is 1. The molecular weight excluding hydrogens is 268 g/mol. The van der Waals surface area contributed by atoms with Crippen LogP contribution in [-0.2, 0) is 4.79 Å². The van der Waals surface area contributed by atoms with Crippen LogP contribution in [-0.4, -0.2) is 19.7 Å². The van der Waals surface area contributed by atoms with E-state index in [4.69, 9.17) is 21.1 Å². The number of ether oxygens (including phenoxy) is 2. The molecule has 4 nitrogen and oxygen atoms in total. The van der Waals surface area contributed by atoms with Crippen LogP contribution in [0.25, 0.3) is 6.08 Å². The maximum Gasteiger partial charge on any atom is 0.179 e. The Hall–Kier alpha value is -1.68. The third-order valence-electron chi connectivity index (χ3n) is 2.22. The summed E-state index contributed by atoms with van der Waals surface area (Å²) in [5.74, 6) is 0.0169. The summed E-state index contributed by atoms with van der Waals surface area (Å²) in [6, 6.07) is 3.26. The second-order valence-corrected chi connectivity index (χ2v) is 4.80. The lowest BCUT2D eigenvalue weighted by Crippen LogP contribution is -2.18. The van der Waals surface area contributed by atoms with Gasteiger partial charge in [0.1, 0.15) is 0 Å². The molecule has 0 spiro atoms. The fourth-order valence-corrected chi connectivity index (χ4v) is 1.66. The largest absolute Gasteiger partial charge is 0.545 e. The molecule has 104 valence electrons. The molecule has 0 saturated carbocycles. The van der Waals surface area contributed by atoms with Gasteiger partial charge >= 0.3 is 0 Å². The lowest BCUT2D eigenvalue weighted by atomic mass is 10.2. The first-order valence-electron chi connectivity index (χ1n) is 5.83. The van der Waals surface area contributed by atoms with Crippen LogP contribution in [0.5, 0.6) is 11.5 Å². The third-order valence-corrected chi connectivity index (χ3v) is 2.51. The first-order valence-corrected chi connectivity index (χ1v) is 6.21. The summed E-state index contributed by atoms with van der Waals surface area (Å²) >= 11 is 6.11. The molecule has 1 aromatic rings. The lowest BCUT2D eigenvalue weighted by Gasteiger charge is -2.14. The van der Waals surface area contributed by atoms with Crippen LogP contribution in [0.1, 0.15) is 19.4 Å². The van der Waals surface area contributed by atoms with Crippen LogP contribution in [0.2, 0.25) is 5.02 Å². The fraction of sp³-hybridized carbons (Fsp3) is 0.357. The molecule has 0 atom stereocenters.